The number of urea groups is 1. The number of carbonyl (C=O) groups excluding carboxylic acids is 1. The summed E-state index contributed by atoms with van der Waals surface area (Å²) in [6, 6.07) is 8.61. The third-order valence-electron chi connectivity index (χ3n) is 4.13. The third-order valence-corrected chi connectivity index (χ3v) is 4.13. The number of carbonyl (C=O) groups is 1. The van der Waals surface area contributed by atoms with Crippen LogP contribution in [0.25, 0.3) is 0 Å². The van der Waals surface area contributed by atoms with Crippen molar-refractivity contribution in [1.29, 1.82) is 0 Å². The van der Waals surface area contributed by atoms with Gasteiger partial charge in [-0.3, -0.25) is 0 Å². The van der Waals surface area contributed by atoms with Gasteiger partial charge in [0, 0.05) is 38.6 Å². The molecular formula is C21H31N5O4. The molecule has 0 fully saturated rings. The minimum atomic E-state index is -0.313. The number of benzene rings is 1. The Bertz CT molecular complexity index is 772. The molecule has 0 aliphatic carbocycles. The molecule has 0 saturated heterocycles. The zero-order chi connectivity index (χ0) is 21.8. The zero-order valence-corrected chi connectivity index (χ0v) is 17.8. The molecule has 1 aromatic heterocycles. The van der Waals surface area contributed by atoms with Crippen LogP contribution >= 0.6 is 0 Å². The maximum Gasteiger partial charge on any atom is 0.327 e. The van der Waals surface area contributed by atoms with Crippen molar-refractivity contribution in [1.82, 2.24) is 15.3 Å². The quantitative estimate of drug-likeness (QED) is 0.456. The lowest BCUT2D eigenvalue weighted by Crippen LogP contribution is -2.38. The molecule has 0 radical (unpaired) electrons. The highest BCUT2D eigenvalue weighted by atomic mass is 16.5. The summed E-state index contributed by atoms with van der Waals surface area (Å²) in [7, 11) is 1.63. The van der Waals surface area contributed by atoms with Gasteiger partial charge in [-0.2, -0.15) is 4.98 Å². The summed E-state index contributed by atoms with van der Waals surface area (Å²) in [6.45, 7) is 5.49. The van der Waals surface area contributed by atoms with Crippen LogP contribution in [0, 0.1) is 0 Å². The van der Waals surface area contributed by atoms with E-state index in [-0.39, 0.29) is 18.7 Å². The Kier molecular flexibility index (Phi) is 9.82. The lowest BCUT2D eigenvalue weighted by Gasteiger charge is -2.23. The highest BCUT2D eigenvalue weighted by Crippen LogP contribution is 2.26. The fourth-order valence-corrected chi connectivity index (χ4v) is 2.78. The number of hydrogen-bond donors (Lipinski definition) is 3. The Morgan fingerprint density at radius 1 is 1.23 bits per heavy atom. The van der Waals surface area contributed by atoms with Crippen molar-refractivity contribution in [3.05, 3.63) is 36.5 Å². The molecule has 2 amide bonds. The first-order valence-electron chi connectivity index (χ1n) is 10.1. The molecule has 0 aliphatic rings. The largest absolute Gasteiger partial charge is 0.494 e. The van der Waals surface area contributed by atoms with Gasteiger partial charge in [-0.05, 0) is 51.0 Å². The van der Waals surface area contributed by atoms with E-state index in [1.54, 1.807) is 31.5 Å². The monoisotopic (exact) mass is 417 g/mol. The van der Waals surface area contributed by atoms with Crippen LogP contribution in [0.15, 0.2) is 36.5 Å². The van der Waals surface area contributed by atoms with Gasteiger partial charge in [-0.15, -0.1) is 0 Å². The van der Waals surface area contributed by atoms with E-state index >= 15 is 0 Å². The van der Waals surface area contributed by atoms with Gasteiger partial charge in [0.25, 0.3) is 0 Å². The maximum absolute atomic E-state index is 13.0. The van der Waals surface area contributed by atoms with Gasteiger partial charge in [-0.1, -0.05) is 0 Å². The summed E-state index contributed by atoms with van der Waals surface area (Å²) in [4.78, 5) is 23.2. The maximum atomic E-state index is 13.0. The van der Waals surface area contributed by atoms with Crippen molar-refractivity contribution >= 4 is 23.5 Å². The molecule has 0 saturated carbocycles. The second-order valence-corrected chi connectivity index (χ2v) is 6.66. The number of nitrogens with one attached hydrogen (secondary N) is 2. The van der Waals surface area contributed by atoms with Crippen molar-refractivity contribution in [3.63, 3.8) is 0 Å². The van der Waals surface area contributed by atoms with E-state index in [4.69, 9.17) is 14.6 Å². The molecule has 2 rings (SSSR count). The number of amides is 2. The highest BCUT2D eigenvalue weighted by molar-refractivity contribution is 5.98. The van der Waals surface area contributed by atoms with E-state index in [1.807, 2.05) is 26.0 Å². The van der Waals surface area contributed by atoms with Crippen LogP contribution in [0.2, 0.25) is 0 Å². The fourth-order valence-electron chi connectivity index (χ4n) is 2.78. The first kappa shape index (κ1) is 23.4. The minimum Gasteiger partial charge on any atom is -0.494 e. The second kappa shape index (κ2) is 12.6. The van der Waals surface area contributed by atoms with Crippen LogP contribution < -0.4 is 20.3 Å². The minimum absolute atomic E-state index is 0.0106. The first-order valence-corrected chi connectivity index (χ1v) is 10.1. The number of aliphatic hydroxyl groups is 1. The van der Waals surface area contributed by atoms with Crippen LogP contribution in [0.1, 0.15) is 26.7 Å². The van der Waals surface area contributed by atoms with Gasteiger partial charge in [0.2, 0.25) is 5.95 Å². The molecule has 2 aromatic rings. The number of aromatic nitrogens is 2. The molecule has 0 spiro atoms. The Morgan fingerprint density at radius 3 is 2.67 bits per heavy atom. The second-order valence-electron chi connectivity index (χ2n) is 6.66. The van der Waals surface area contributed by atoms with Crippen LogP contribution in [0.5, 0.6) is 5.75 Å². The lowest BCUT2D eigenvalue weighted by molar-refractivity contribution is 0.190. The Morgan fingerprint density at radius 2 is 2.00 bits per heavy atom. The molecule has 0 aliphatic heterocycles. The van der Waals surface area contributed by atoms with Crippen LogP contribution in [0.3, 0.4) is 0 Å². The topological polar surface area (TPSA) is 109 Å². The lowest BCUT2D eigenvalue weighted by atomic mass is 10.2. The standard InChI is InChI=1S/C21H31N5O4/c1-4-30-18-9-7-17(8-10-18)26(21(28)23-12-5-6-14-27)19-11-13-22-20(25-19)24-16(2)15-29-3/h7-11,13,16,27H,4-6,12,14-15H2,1-3H3,(H,23,28)(H,22,24,25)/t16-/m0/s1. The van der Waals surface area contributed by atoms with Crippen LogP contribution in [-0.4, -0.2) is 60.6 Å². The van der Waals surface area contributed by atoms with E-state index in [9.17, 15) is 4.79 Å². The molecule has 164 valence electrons. The molecule has 9 heteroatoms. The van der Waals surface area contributed by atoms with Gasteiger partial charge >= 0.3 is 6.03 Å². The highest BCUT2D eigenvalue weighted by Gasteiger charge is 2.20. The number of hydrogen-bond acceptors (Lipinski definition) is 7. The van der Waals surface area contributed by atoms with Gasteiger partial charge in [0.15, 0.2) is 0 Å². The molecule has 1 atom stereocenters. The molecule has 30 heavy (non-hydrogen) atoms. The summed E-state index contributed by atoms with van der Waals surface area (Å²) < 4.78 is 10.6. The SMILES string of the molecule is CCOc1ccc(N(C(=O)NCCCCO)c2ccnc(N[C@@H](C)COC)n2)cc1. The number of anilines is 3. The molecular weight excluding hydrogens is 386 g/mol. The number of nitrogens with zero attached hydrogens (tertiary/aromatic N) is 3. The van der Waals surface area contributed by atoms with Gasteiger partial charge in [0.1, 0.15) is 11.6 Å². The predicted molar refractivity (Wildman–Crippen MR) is 116 cm³/mol. The smallest absolute Gasteiger partial charge is 0.327 e. The number of unbranched alkanes of at least 4 members (excludes halogenated alkanes) is 1. The van der Waals surface area contributed by atoms with E-state index in [0.717, 1.165) is 5.75 Å². The van der Waals surface area contributed by atoms with E-state index < -0.39 is 0 Å². The first-order chi connectivity index (χ1) is 14.6. The molecule has 3 N–H and O–H groups in total. The molecule has 1 heterocycles. The molecule has 9 nitrogen and oxygen atoms in total. The number of rotatable bonds is 12. The van der Waals surface area contributed by atoms with E-state index in [2.05, 4.69) is 20.6 Å². The summed E-state index contributed by atoms with van der Waals surface area (Å²) in [6.07, 6.45) is 2.91. The van der Waals surface area contributed by atoms with Crippen LogP contribution in [-0.2, 0) is 4.74 Å². The average molecular weight is 418 g/mol. The molecule has 0 bridgehead atoms. The van der Waals surface area contributed by atoms with Crippen molar-refractivity contribution in [2.24, 2.45) is 0 Å². The summed E-state index contributed by atoms with van der Waals surface area (Å²) in [5, 5.41) is 15.0. The Hall–Kier alpha value is -2.91. The third kappa shape index (κ3) is 7.16. The van der Waals surface area contributed by atoms with Gasteiger partial charge in [-0.25, -0.2) is 14.7 Å². The van der Waals surface area contributed by atoms with Crippen molar-refractivity contribution < 1.29 is 19.4 Å². The van der Waals surface area contributed by atoms with Crippen LogP contribution in [0.4, 0.5) is 22.2 Å². The van der Waals surface area contributed by atoms with Gasteiger partial charge < -0.3 is 25.2 Å². The fraction of sp³-hybridized carbons (Fsp3) is 0.476. The van der Waals surface area contributed by atoms with E-state index in [0.29, 0.717) is 50.1 Å². The summed E-state index contributed by atoms with van der Waals surface area (Å²) in [5.41, 5.74) is 0.646. The molecule has 0 unspecified atom stereocenters. The van der Waals surface area contributed by atoms with Crippen molar-refractivity contribution in [3.8, 4) is 5.75 Å². The number of methoxy groups -OCH3 is 1. The predicted octanol–water partition coefficient (Wildman–Crippen LogP) is 2.94. The Labute approximate surface area is 177 Å². The summed E-state index contributed by atoms with van der Waals surface area (Å²) >= 11 is 0. The zero-order valence-electron chi connectivity index (χ0n) is 17.8. The molecule has 1 aromatic carbocycles. The Balaban J connectivity index is 2.27. The average Bonchev–Trinajstić information content (AvgIpc) is 2.73. The van der Waals surface area contributed by atoms with Gasteiger partial charge in [0.05, 0.1) is 18.9 Å². The van der Waals surface area contributed by atoms with Crippen molar-refractivity contribution in [2.45, 2.75) is 32.7 Å². The normalized spacial score (nSPS) is 11.6. The number of ether oxygens (including phenoxy) is 2. The number of aliphatic hydroxyl groups excluding tert-OH is 1. The summed E-state index contributed by atoms with van der Waals surface area (Å²) in [5.74, 6) is 1.56. The van der Waals surface area contributed by atoms with E-state index in [1.165, 1.54) is 4.90 Å². The van der Waals surface area contributed by atoms with Crippen molar-refractivity contribution in [2.75, 3.05) is 43.7 Å².